The summed E-state index contributed by atoms with van der Waals surface area (Å²) in [5.74, 6) is 3.51. The number of fused-ring (bicyclic) bond motifs is 2. The first-order chi connectivity index (χ1) is 16.2. The van der Waals surface area contributed by atoms with Gasteiger partial charge in [0.25, 0.3) is 0 Å². The maximum absolute atomic E-state index is 6.42. The van der Waals surface area contributed by atoms with Gasteiger partial charge in [-0.05, 0) is 24.3 Å². The third-order valence-electron chi connectivity index (χ3n) is 6.03. The van der Waals surface area contributed by atoms with Crippen molar-refractivity contribution in [1.82, 2.24) is 24.1 Å². The molecular formula is C24H24N8S. The topological polar surface area (TPSA) is 89.3 Å². The third kappa shape index (κ3) is 3.54. The minimum atomic E-state index is 0.507. The fourth-order valence-electron chi connectivity index (χ4n) is 4.43. The summed E-state index contributed by atoms with van der Waals surface area (Å²) >= 11 is 1.99. The number of aromatic nitrogens is 5. The molecule has 1 aliphatic heterocycles. The summed E-state index contributed by atoms with van der Waals surface area (Å²) in [4.78, 5) is 11.9. The van der Waals surface area contributed by atoms with Crippen molar-refractivity contribution < 1.29 is 0 Å². The molecule has 2 aromatic carbocycles. The Morgan fingerprint density at radius 3 is 2.73 bits per heavy atom. The van der Waals surface area contributed by atoms with E-state index in [0.717, 1.165) is 69.6 Å². The molecule has 9 heteroatoms. The second kappa shape index (κ2) is 8.00. The van der Waals surface area contributed by atoms with E-state index < -0.39 is 0 Å². The van der Waals surface area contributed by atoms with E-state index in [9.17, 15) is 0 Å². The van der Waals surface area contributed by atoms with Crippen LogP contribution in [0, 0.1) is 0 Å². The first-order valence-electron chi connectivity index (χ1n) is 10.9. The molecule has 0 bridgehead atoms. The average Bonchev–Trinajstić information content (AvgIpc) is 3.44. The van der Waals surface area contributed by atoms with Gasteiger partial charge in [-0.3, -0.25) is 0 Å². The van der Waals surface area contributed by atoms with Crippen molar-refractivity contribution in [3.05, 3.63) is 60.9 Å². The van der Waals surface area contributed by atoms with Crippen molar-refractivity contribution in [2.75, 3.05) is 40.5 Å². The molecule has 0 unspecified atom stereocenters. The molecule has 0 saturated carbocycles. The van der Waals surface area contributed by atoms with Crippen molar-refractivity contribution in [2.24, 2.45) is 7.05 Å². The van der Waals surface area contributed by atoms with Gasteiger partial charge in [0.1, 0.15) is 0 Å². The third-order valence-corrected chi connectivity index (χ3v) is 6.97. The molecule has 4 heterocycles. The Morgan fingerprint density at radius 2 is 1.88 bits per heavy atom. The highest BCUT2D eigenvalue weighted by molar-refractivity contribution is 7.99. The molecule has 1 fully saturated rings. The SMILES string of the molecule is Cn1cc(-c2nc(Nc3ccc(N4CCSCC4)c(N)c3)nc3ccnn23)c2ccccc21. The lowest BCUT2D eigenvalue weighted by Gasteiger charge is -2.29. The van der Waals surface area contributed by atoms with Crippen LogP contribution in [0.15, 0.2) is 60.9 Å². The number of nitrogens with two attached hydrogens (primary N) is 1. The quantitative estimate of drug-likeness (QED) is 0.393. The summed E-state index contributed by atoms with van der Waals surface area (Å²) in [7, 11) is 2.04. The van der Waals surface area contributed by atoms with Crippen LogP contribution in [0.2, 0.25) is 0 Å². The second-order valence-corrected chi connectivity index (χ2v) is 9.37. The molecule has 3 aromatic heterocycles. The molecule has 1 aliphatic rings. The lowest BCUT2D eigenvalue weighted by Crippen LogP contribution is -2.32. The number of rotatable bonds is 4. The van der Waals surface area contributed by atoms with Crippen LogP contribution < -0.4 is 16.0 Å². The van der Waals surface area contributed by atoms with Crippen LogP contribution in [0.25, 0.3) is 27.9 Å². The van der Waals surface area contributed by atoms with E-state index in [1.54, 1.807) is 10.7 Å². The fourth-order valence-corrected chi connectivity index (χ4v) is 5.33. The van der Waals surface area contributed by atoms with Crippen LogP contribution in [0.4, 0.5) is 23.0 Å². The van der Waals surface area contributed by atoms with E-state index in [-0.39, 0.29) is 0 Å². The smallest absolute Gasteiger partial charge is 0.231 e. The van der Waals surface area contributed by atoms with Crippen LogP contribution in [-0.4, -0.2) is 48.7 Å². The van der Waals surface area contributed by atoms with E-state index >= 15 is 0 Å². The Morgan fingerprint density at radius 1 is 1.03 bits per heavy atom. The molecule has 33 heavy (non-hydrogen) atoms. The highest BCUT2D eigenvalue weighted by Crippen LogP contribution is 2.32. The highest BCUT2D eigenvalue weighted by atomic mass is 32.2. The van der Waals surface area contributed by atoms with Crippen LogP contribution in [0.3, 0.4) is 0 Å². The molecule has 5 aromatic rings. The molecule has 8 nitrogen and oxygen atoms in total. The fraction of sp³-hybridized carbons (Fsp3) is 0.208. The van der Waals surface area contributed by atoms with Gasteiger partial charge in [-0.15, -0.1) is 0 Å². The summed E-state index contributed by atoms with van der Waals surface area (Å²) in [5, 5.41) is 8.93. The Hall–Kier alpha value is -3.72. The normalized spacial score (nSPS) is 14.3. The van der Waals surface area contributed by atoms with Crippen molar-refractivity contribution in [3.8, 4) is 11.4 Å². The van der Waals surface area contributed by atoms with Gasteiger partial charge in [-0.2, -0.15) is 31.3 Å². The summed E-state index contributed by atoms with van der Waals surface area (Å²) in [6, 6.07) is 16.2. The number of anilines is 4. The predicted octanol–water partition coefficient (Wildman–Crippen LogP) is 4.16. The standard InChI is InChI=1S/C24H24N8S/c1-30-15-18(17-4-2-3-5-20(17)30)23-29-24(28-22-8-9-26-32(22)23)27-16-6-7-21(19(25)14-16)31-10-12-33-13-11-31/h2-9,14-15H,10-13,25H2,1H3,(H,27,28). The van der Waals surface area contributed by atoms with Gasteiger partial charge >= 0.3 is 0 Å². The number of hydrogen-bond acceptors (Lipinski definition) is 7. The highest BCUT2D eigenvalue weighted by Gasteiger charge is 2.17. The van der Waals surface area contributed by atoms with Gasteiger partial charge in [0.15, 0.2) is 11.5 Å². The van der Waals surface area contributed by atoms with Crippen molar-refractivity contribution in [1.29, 1.82) is 0 Å². The Kier molecular flexibility index (Phi) is 4.83. The number of nitrogens with one attached hydrogen (secondary N) is 1. The van der Waals surface area contributed by atoms with Gasteiger partial charge in [0, 0.05) is 66.1 Å². The first-order valence-corrected chi connectivity index (χ1v) is 12.1. The molecule has 0 aliphatic carbocycles. The summed E-state index contributed by atoms with van der Waals surface area (Å²) in [5.41, 5.74) is 12.0. The number of hydrogen-bond donors (Lipinski definition) is 2. The van der Waals surface area contributed by atoms with Crippen LogP contribution in [-0.2, 0) is 7.05 Å². The Balaban J connectivity index is 1.39. The lowest BCUT2D eigenvalue weighted by molar-refractivity contribution is 0.860. The van der Waals surface area contributed by atoms with Gasteiger partial charge in [-0.25, -0.2) is 0 Å². The van der Waals surface area contributed by atoms with Crippen LogP contribution in [0.5, 0.6) is 0 Å². The van der Waals surface area contributed by atoms with Crippen molar-refractivity contribution in [3.63, 3.8) is 0 Å². The minimum Gasteiger partial charge on any atom is -0.397 e. The maximum atomic E-state index is 6.42. The minimum absolute atomic E-state index is 0.507. The average molecular weight is 457 g/mol. The van der Waals surface area contributed by atoms with Gasteiger partial charge in [0.2, 0.25) is 5.95 Å². The van der Waals surface area contributed by atoms with Crippen LogP contribution >= 0.6 is 11.8 Å². The zero-order valence-electron chi connectivity index (χ0n) is 18.3. The molecule has 0 atom stereocenters. The van der Waals surface area contributed by atoms with Crippen molar-refractivity contribution >= 4 is 51.3 Å². The molecule has 0 amide bonds. The molecule has 166 valence electrons. The summed E-state index contributed by atoms with van der Waals surface area (Å²) < 4.78 is 3.88. The van der Waals surface area contributed by atoms with Crippen LogP contribution in [0.1, 0.15) is 0 Å². The van der Waals surface area contributed by atoms with E-state index in [4.69, 9.17) is 10.7 Å². The van der Waals surface area contributed by atoms with Gasteiger partial charge < -0.3 is 20.5 Å². The Bertz CT molecular complexity index is 1460. The molecular weight excluding hydrogens is 432 g/mol. The van der Waals surface area contributed by atoms with E-state index in [0.29, 0.717) is 5.95 Å². The lowest BCUT2D eigenvalue weighted by atomic mass is 10.1. The number of benzene rings is 2. The van der Waals surface area contributed by atoms with Crippen molar-refractivity contribution in [2.45, 2.75) is 0 Å². The second-order valence-electron chi connectivity index (χ2n) is 8.14. The molecule has 0 spiro atoms. The maximum Gasteiger partial charge on any atom is 0.231 e. The largest absolute Gasteiger partial charge is 0.397 e. The number of nitrogen functional groups attached to an aromatic ring is 1. The van der Waals surface area contributed by atoms with Gasteiger partial charge in [0.05, 0.1) is 17.6 Å². The molecule has 0 radical (unpaired) electrons. The number of thioether (sulfide) groups is 1. The molecule has 1 saturated heterocycles. The zero-order valence-corrected chi connectivity index (χ0v) is 19.1. The summed E-state index contributed by atoms with van der Waals surface area (Å²) in [6.45, 7) is 2.05. The predicted molar refractivity (Wildman–Crippen MR) is 136 cm³/mol. The van der Waals surface area contributed by atoms with Gasteiger partial charge in [-0.1, -0.05) is 18.2 Å². The number of nitrogens with zero attached hydrogens (tertiary/aromatic N) is 6. The van der Waals surface area contributed by atoms with E-state index in [1.807, 2.05) is 49.1 Å². The molecule has 6 rings (SSSR count). The number of para-hydroxylation sites is 1. The monoisotopic (exact) mass is 456 g/mol. The number of aryl methyl sites for hydroxylation is 1. The molecule has 3 N–H and O–H groups in total. The Labute approximate surface area is 195 Å². The first kappa shape index (κ1) is 19.9. The summed E-state index contributed by atoms with van der Waals surface area (Å²) in [6.07, 6.45) is 3.83. The van der Waals surface area contributed by atoms with E-state index in [2.05, 4.69) is 49.3 Å². The van der Waals surface area contributed by atoms with E-state index in [1.165, 1.54) is 0 Å². The zero-order chi connectivity index (χ0) is 22.4.